The minimum absolute atomic E-state index is 0.576. The SMILES string of the molecule is N#Cc1cnnc(N2CCC2)c1. The molecule has 0 aliphatic carbocycles. The van der Waals surface area contributed by atoms with E-state index in [1.165, 1.54) is 12.6 Å². The first kappa shape index (κ1) is 7.04. The largest absolute Gasteiger partial charge is 0.355 e. The van der Waals surface area contributed by atoms with E-state index in [9.17, 15) is 0 Å². The Balaban J connectivity index is 2.27. The van der Waals surface area contributed by atoms with Crippen LogP contribution in [0.5, 0.6) is 0 Å². The number of nitriles is 1. The maximum absolute atomic E-state index is 8.60. The summed E-state index contributed by atoms with van der Waals surface area (Å²) in [4.78, 5) is 2.10. The second-order valence-corrected chi connectivity index (χ2v) is 2.75. The Kier molecular flexibility index (Phi) is 1.63. The van der Waals surface area contributed by atoms with Gasteiger partial charge < -0.3 is 4.90 Å². The van der Waals surface area contributed by atoms with Crippen LogP contribution in [0, 0.1) is 11.3 Å². The van der Waals surface area contributed by atoms with Gasteiger partial charge in [-0.3, -0.25) is 0 Å². The maximum atomic E-state index is 8.60. The summed E-state index contributed by atoms with van der Waals surface area (Å²) in [6, 6.07) is 3.81. The molecule has 0 aromatic carbocycles. The van der Waals surface area contributed by atoms with Crippen molar-refractivity contribution in [2.24, 2.45) is 0 Å². The fourth-order valence-electron chi connectivity index (χ4n) is 1.12. The van der Waals surface area contributed by atoms with Crippen LogP contribution in [0.25, 0.3) is 0 Å². The van der Waals surface area contributed by atoms with E-state index in [4.69, 9.17) is 5.26 Å². The highest BCUT2D eigenvalue weighted by Gasteiger charge is 2.15. The van der Waals surface area contributed by atoms with Gasteiger partial charge >= 0.3 is 0 Å². The Hall–Kier alpha value is -1.63. The minimum Gasteiger partial charge on any atom is -0.355 e. The van der Waals surface area contributed by atoms with Crippen LogP contribution < -0.4 is 4.90 Å². The molecule has 2 heterocycles. The van der Waals surface area contributed by atoms with Crippen LogP contribution in [0.3, 0.4) is 0 Å². The number of rotatable bonds is 1. The monoisotopic (exact) mass is 160 g/mol. The third kappa shape index (κ3) is 1.10. The van der Waals surface area contributed by atoms with Crippen molar-refractivity contribution in [3.8, 4) is 6.07 Å². The molecule has 1 fully saturated rings. The Morgan fingerprint density at radius 3 is 2.92 bits per heavy atom. The molecule has 0 unspecified atom stereocenters. The molecule has 0 radical (unpaired) electrons. The van der Waals surface area contributed by atoms with Crippen LogP contribution in [-0.4, -0.2) is 23.3 Å². The van der Waals surface area contributed by atoms with Crippen molar-refractivity contribution in [2.75, 3.05) is 18.0 Å². The molecule has 1 aromatic rings. The fourth-order valence-corrected chi connectivity index (χ4v) is 1.12. The van der Waals surface area contributed by atoms with E-state index in [2.05, 4.69) is 15.1 Å². The summed E-state index contributed by atoms with van der Waals surface area (Å²) in [6.07, 6.45) is 2.68. The first-order valence-corrected chi connectivity index (χ1v) is 3.88. The number of hydrogen-bond acceptors (Lipinski definition) is 4. The van der Waals surface area contributed by atoms with Gasteiger partial charge in [-0.15, -0.1) is 5.10 Å². The van der Waals surface area contributed by atoms with Crippen LogP contribution in [0.4, 0.5) is 5.82 Å². The predicted octanol–water partition coefficient (Wildman–Crippen LogP) is 0.558. The highest BCUT2D eigenvalue weighted by molar-refractivity contribution is 5.44. The van der Waals surface area contributed by atoms with E-state index in [1.54, 1.807) is 6.07 Å². The van der Waals surface area contributed by atoms with Crippen molar-refractivity contribution in [3.63, 3.8) is 0 Å². The molecule has 0 bridgehead atoms. The summed E-state index contributed by atoms with van der Waals surface area (Å²) in [5, 5.41) is 16.3. The van der Waals surface area contributed by atoms with Crippen molar-refractivity contribution in [1.29, 1.82) is 5.26 Å². The van der Waals surface area contributed by atoms with E-state index in [-0.39, 0.29) is 0 Å². The van der Waals surface area contributed by atoms with Gasteiger partial charge in [0.1, 0.15) is 6.07 Å². The maximum Gasteiger partial charge on any atom is 0.152 e. The zero-order chi connectivity index (χ0) is 8.39. The van der Waals surface area contributed by atoms with Crippen molar-refractivity contribution >= 4 is 5.82 Å². The average molecular weight is 160 g/mol. The van der Waals surface area contributed by atoms with E-state index >= 15 is 0 Å². The summed E-state index contributed by atoms with van der Waals surface area (Å²) < 4.78 is 0. The summed E-state index contributed by atoms with van der Waals surface area (Å²) in [5.74, 6) is 0.820. The van der Waals surface area contributed by atoms with Gasteiger partial charge in [-0.1, -0.05) is 0 Å². The van der Waals surface area contributed by atoms with E-state index in [0.29, 0.717) is 5.56 Å². The quantitative estimate of drug-likeness (QED) is 0.602. The molecule has 12 heavy (non-hydrogen) atoms. The van der Waals surface area contributed by atoms with Crippen LogP contribution in [0.1, 0.15) is 12.0 Å². The molecule has 4 nitrogen and oxygen atoms in total. The topological polar surface area (TPSA) is 52.8 Å². The van der Waals surface area contributed by atoms with Crippen LogP contribution >= 0.6 is 0 Å². The van der Waals surface area contributed by atoms with Crippen molar-refractivity contribution in [2.45, 2.75) is 6.42 Å². The molecular formula is C8H8N4. The fraction of sp³-hybridized carbons (Fsp3) is 0.375. The van der Waals surface area contributed by atoms with Gasteiger partial charge in [-0.2, -0.15) is 10.4 Å². The predicted molar refractivity (Wildman–Crippen MR) is 43.6 cm³/mol. The second-order valence-electron chi connectivity index (χ2n) is 2.75. The third-order valence-electron chi connectivity index (χ3n) is 1.95. The second kappa shape index (κ2) is 2.78. The van der Waals surface area contributed by atoms with Crippen molar-refractivity contribution in [3.05, 3.63) is 17.8 Å². The molecule has 1 aromatic heterocycles. The molecule has 60 valence electrons. The van der Waals surface area contributed by atoms with Crippen molar-refractivity contribution in [1.82, 2.24) is 10.2 Å². The van der Waals surface area contributed by atoms with E-state index < -0.39 is 0 Å². The zero-order valence-electron chi connectivity index (χ0n) is 6.56. The smallest absolute Gasteiger partial charge is 0.152 e. The van der Waals surface area contributed by atoms with E-state index in [1.807, 2.05) is 6.07 Å². The van der Waals surface area contributed by atoms with Gasteiger partial charge in [0.05, 0.1) is 11.8 Å². The lowest BCUT2D eigenvalue weighted by atomic mass is 10.2. The molecular weight excluding hydrogens is 152 g/mol. The van der Waals surface area contributed by atoms with Gasteiger partial charge in [-0.25, -0.2) is 0 Å². The number of hydrogen-bond donors (Lipinski definition) is 0. The van der Waals surface area contributed by atoms with Gasteiger partial charge in [0.25, 0.3) is 0 Å². The number of aromatic nitrogens is 2. The standard InChI is InChI=1S/C8H8N4/c9-5-7-4-8(11-10-6-7)12-2-1-3-12/h4,6H,1-3H2. The Morgan fingerprint density at radius 1 is 1.50 bits per heavy atom. The lowest BCUT2D eigenvalue weighted by Crippen LogP contribution is -2.37. The van der Waals surface area contributed by atoms with E-state index in [0.717, 1.165) is 18.9 Å². The molecule has 0 atom stereocenters. The third-order valence-corrected chi connectivity index (χ3v) is 1.95. The normalized spacial score (nSPS) is 15.1. The van der Waals surface area contributed by atoms with Gasteiger partial charge in [0.2, 0.25) is 0 Å². The highest BCUT2D eigenvalue weighted by atomic mass is 15.3. The van der Waals surface area contributed by atoms with Crippen LogP contribution in [-0.2, 0) is 0 Å². The summed E-state index contributed by atoms with van der Waals surface area (Å²) in [6.45, 7) is 2.06. The van der Waals surface area contributed by atoms with Gasteiger partial charge in [0, 0.05) is 19.2 Å². The highest BCUT2D eigenvalue weighted by Crippen LogP contribution is 2.16. The average Bonchev–Trinajstić information content (AvgIpc) is 2.02. The van der Waals surface area contributed by atoms with Gasteiger partial charge in [-0.05, 0) is 6.42 Å². The molecule has 0 amide bonds. The first-order valence-electron chi connectivity index (χ1n) is 3.88. The Morgan fingerprint density at radius 2 is 2.33 bits per heavy atom. The number of anilines is 1. The molecule has 0 saturated carbocycles. The lowest BCUT2D eigenvalue weighted by Gasteiger charge is -2.31. The summed E-state index contributed by atoms with van der Waals surface area (Å²) >= 11 is 0. The molecule has 0 N–H and O–H groups in total. The molecule has 1 aliphatic rings. The number of nitrogens with zero attached hydrogens (tertiary/aromatic N) is 4. The van der Waals surface area contributed by atoms with Crippen LogP contribution in [0.15, 0.2) is 12.3 Å². The lowest BCUT2D eigenvalue weighted by molar-refractivity contribution is 0.605. The van der Waals surface area contributed by atoms with Crippen LogP contribution in [0.2, 0.25) is 0 Å². The summed E-state index contributed by atoms with van der Waals surface area (Å²) in [5.41, 5.74) is 0.576. The zero-order valence-corrected chi connectivity index (χ0v) is 6.56. The molecule has 1 saturated heterocycles. The molecule has 0 spiro atoms. The first-order chi connectivity index (χ1) is 5.90. The summed E-state index contributed by atoms with van der Waals surface area (Å²) in [7, 11) is 0. The molecule has 2 rings (SSSR count). The molecule has 1 aliphatic heterocycles. The Labute approximate surface area is 70.4 Å². The Bertz CT molecular complexity index is 324. The van der Waals surface area contributed by atoms with Gasteiger partial charge in [0.15, 0.2) is 5.82 Å². The minimum atomic E-state index is 0.576. The molecule has 4 heteroatoms. The van der Waals surface area contributed by atoms with Crippen molar-refractivity contribution < 1.29 is 0 Å².